The molecule has 0 bridgehead atoms. The largest absolute Gasteiger partial charge is 0.481 e. The Morgan fingerprint density at radius 1 is 1.43 bits per heavy atom. The molecule has 0 atom stereocenters. The van der Waals surface area contributed by atoms with Crippen LogP contribution < -0.4 is 0 Å². The Hall–Kier alpha value is -1.36. The highest BCUT2D eigenvalue weighted by Crippen LogP contribution is 2.20. The topological polar surface area (TPSA) is 71.4 Å². The summed E-state index contributed by atoms with van der Waals surface area (Å²) in [4.78, 5) is 32.6. The minimum atomic E-state index is -0.914. The number of carbonyl (C=O) groups is 3. The molecule has 0 aromatic rings. The van der Waals surface area contributed by atoms with Gasteiger partial charge in [-0.1, -0.05) is 6.08 Å². The maximum Gasteiger partial charge on any atom is 0.304 e. The average Bonchev–Trinajstić information content (AvgIpc) is 2.12. The molecule has 0 radical (unpaired) electrons. The number of carboxylic acids is 1. The van der Waals surface area contributed by atoms with Crippen LogP contribution in [-0.2, 0) is 14.4 Å². The zero-order chi connectivity index (χ0) is 10.6. The zero-order valence-electron chi connectivity index (χ0n) is 7.23. The van der Waals surface area contributed by atoms with Crippen LogP contribution >= 0.6 is 11.8 Å². The van der Waals surface area contributed by atoms with E-state index in [0.29, 0.717) is 10.7 Å². The molecule has 1 N–H and O–H groups in total. The Labute approximate surface area is 84.7 Å². The predicted octanol–water partition coefficient (Wildman–Crippen LogP) is 0.786. The first-order valence-electron chi connectivity index (χ1n) is 3.93. The van der Waals surface area contributed by atoms with Gasteiger partial charge in [-0.05, 0) is 12.2 Å². The van der Waals surface area contributed by atoms with Crippen LogP contribution in [0.2, 0.25) is 0 Å². The van der Waals surface area contributed by atoms with Gasteiger partial charge in [-0.3, -0.25) is 14.4 Å². The molecule has 0 amide bonds. The molecule has 1 rings (SSSR count). The van der Waals surface area contributed by atoms with Crippen molar-refractivity contribution in [2.24, 2.45) is 0 Å². The first-order chi connectivity index (χ1) is 6.61. The van der Waals surface area contributed by atoms with Gasteiger partial charge in [0.2, 0.25) is 11.6 Å². The smallest absolute Gasteiger partial charge is 0.304 e. The average molecular weight is 212 g/mol. The number of hydrogen-bond acceptors (Lipinski definition) is 4. The fraction of sp³-hybridized carbons (Fsp3) is 0.222. The van der Waals surface area contributed by atoms with Crippen molar-refractivity contribution in [3.8, 4) is 0 Å². The number of ketones is 2. The van der Waals surface area contributed by atoms with Crippen LogP contribution in [0, 0.1) is 0 Å². The lowest BCUT2D eigenvalue weighted by atomic mass is 10.1. The van der Waals surface area contributed by atoms with Crippen LogP contribution in [0.5, 0.6) is 0 Å². The normalized spacial score (nSPS) is 15.6. The standard InChI is InChI=1S/C9H8O4S/c10-6-2-1-3-7(9(6)13)14-5-4-8(11)12/h1-3H,4-5H2,(H,11,12). The molecular weight excluding hydrogens is 204 g/mol. The summed E-state index contributed by atoms with van der Waals surface area (Å²) in [5.41, 5.74) is 0. The molecule has 0 fully saturated rings. The highest BCUT2D eigenvalue weighted by atomic mass is 32.2. The first-order valence-corrected chi connectivity index (χ1v) is 4.91. The van der Waals surface area contributed by atoms with Crippen molar-refractivity contribution < 1.29 is 19.5 Å². The molecular formula is C9H8O4S. The summed E-state index contributed by atoms with van der Waals surface area (Å²) in [6.45, 7) is 0. The second-order valence-corrected chi connectivity index (χ2v) is 3.71. The second-order valence-electron chi connectivity index (χ2n) is 2.58. The fourth-order valence-corrected chi connectivity index (χ4v) is 1.76. The third-order valence-corrected chi connectivity index (χ3v) is 2.56. The van der Waals surface area contributed by atoms with Crippen molar-refractivity contribution in [2.45, 2.75) is 6.42 Å². The van der Waals surface area contributed by atoms with Crippen LogP contribution in [0.4, 0.5) is 0 Å². The molecule has 0 aliphatic heterocycles. The van der Waals surface area contributed by atoms with Crippen LogP contribution in [0.3, 0.4) is 0 Å². The molecule has 0 saturated heterocycles. The molecule has 0 unspecified atom stereocenters. The van der Waals surface area contributed by atoms with Gasteiger partial charge >= 0.3 is 5.97 Å². The van der Waals surface area contributed by atoms with E-state index in [1.54, 1.807) is 0 Å². The molecule has 74 valence electrons. The molecule has 0 saturated carbocycles. The lowest BCUT2D eigenvalue weighted by Crippen LogP contribution is -2.15. The number of Topliss-reactive ketones (excluding diaryl/α,β-unsaturated/α-hetero) is 1. The molecule has 0 aromatic heterocycles. The fourth-order valence-electron chi connectivity index (χ4n) is 0.858. The van der Waals surface area contributed by atoms with E-state index in [9.17, 15) is 14.4 Å². The van der Waals surface area contributed by atoms with Crippen LogP contribution in [0.25, 0.3) is 0 Å². The maximum atomic E-state index is 11.2. The second kappa shape index (κ2) is 4.76. The summed E-state index contributed by atoms with van der Waals surface area (Å²) in [6, 6.07) is 0. The molecule has 5 heteroatoms. The van der Waals surface area contributed by atoms with Crippen molar-refractivity contribution in [2.75, 3.05) is 5.75 Å². The third kappa shape index (κ3) is 2.85. The Morgan fingerprint density at radius 3 is 2.79 bits per heavy atom. The van der Waals surface area contributed by atoms with E-state index < -0.39 is 17.5 Å². The monoisotopic (exact) mass is 212 g/mol. The van der Waals surface area contributed by atoms with E-state index in [2.05, 4.69) is 0 Å². The molecule has 1 aliphatic rings. The zero-order valence-corrected chi connectivity index (χ0v) is 8.04. The molecule has 4 nitrogen and oxygen atoms in total. The van der Waals surface area contributed by atoms with Crippen molar-refractivity contribution in [3.05, 3.63) is 23.1 Å². The summed E-state index contributed by atoms with van der Waals surface area (Å²) in [5, 5.41) is 8.36. The van der Waals surface area contributed by atoms with Crippen molar-refractivity contribution in [1.82, 2.24) is 0 Å². The summed E-state index contributed by atoms with van der Waals surface area (Å²) in [5.74, 6) is -1.72. The van der Waals surface area contributed by atoms with Gasteiger partial charge < -0.3 is 5.11 Å². The number of thioether (sulfide) groups is 1. The minimum absolute atomic E-state index is 0.0206. The van der Waals surface area contributed by atoms with Gasteiger partial charge in [0.25, 0.3) is 0 Å². The van der Waals surface area contributed by atoms with E-state index in [4.69, 9.17) is 5.11 Å². The summed E-state index contributed by atoms with van der Waals surface area (Å²) < 4.78 is 0. The van der Waals surface area contributed by atoms with Gasteiger partial charge in [-0.25, -0.2) is 0 Å². The molecule has 1 aliphatic carbocycles. The van der Waals surface area contributed by atoms with Crippen molar-refractivity contribution in [3.63, 3.8) is 0 Å². The number of carboxylic acid groups (broad SMARTS) is 1. The highest BCUT2D eigenvalue weighted by molar-refractivity contribution is 8.04. The van der Waals surface area contributed by atoms with Gasteiger partial charge in [0.1, 0.15) is 0 Å². The lowest BCUT2D eigenvalue weighted by molar-refractivity contribution is -0.136. The van der Waals surface area contributed by atoms with Gasteiger partial charge in [0.15, 0.2) is 0 Å². The van der Waals surface area contributed by atoms with Crippen molar-refractivity contribution in [1.29, 1.82) is 0 Å². The quantitative estimate of drug-likeness (QED) is 0.551. The number of carbonyl (C=O) groups excluding carboxylic acids is 2. The van der Waals surface area contributed by atoms with Gasteiger partial charge in [-0.2, -0.15) is 0 Å². The molecule has 0 heterocycles. The highest BCUT2D eigenvalue weighted by Gasteiger charge is 2.19. The van der Waals surface area contributed by atoms with E-state index >= 15 is 0 Å². The van der Waals surface area contributed by atoms with Gasteiger partial charge in [0.05, 0.1) is 11.3 Å². The van der Waals surface area contributed by atoms with Gasteiger partial charge in [0, 0.05) is 5.75 Å². The Kier molecular flexibility index (Phi) is 3.64. The van der Waals surface area contributed by atoms with Crippen LogP contribution in [-0.4, -0.2) is 28.4 Å². The maximum absolute atomic E-state index is 11.2. The number of hydrogen-bond donors (Lipinski definition) is 1. The van der Waals surface area contributed by atoms with Crippen molar-refractivity contribution >= 4 is 29.3 Å². The van der Waals surface area contributed by atoms with E-state index in [0.717, 1.165) is 11.8 Å². The Bertz CT molecular complexity index is 341. The minimum Gasteiger partial charge on any atom is -0.481 e. The van der Waals surface area contributed by atoms with E-state index in [1.807, 2.05) is 0 Å². The van der Waals surface area contributed by atoms with Gasteiger partial charge in [-0.15, -0.1) is 11.8 Å². The number of rotatable bonds is 4. The lowest BCUT2D eigenvalue weighted by Gasteiger charge is -2.04. The van der Waals surface area contributed by atoms with E-state index in [1.165, 1.54) is 18.2 Å². The van der Waals surface area contributed by atoms with E-state index in [-0.39, 0.29) is 6.42 Å². The number of aliphatic carboxylic acids is 1. The Morgan fingerprint density at radius 2 is 2.14 bits per heavy atom. The first kappa shape index (κ1) is 10.7. The molecule has 0 spiro atoms. The van der Waals surface area contributed by atoms with Crippen LogP contribution in [0.1, 0.15) is 6.42 Å². The predicted molar refractivity (Wildman–Crippen MR) is 51.9 cm³/mol. The SMILES string of the molecule is O=C(O)CCSC1=CC=CC(=O)C1=O. The summed E-state index contributed by atoms with van der Waals surface area (Å²) in [6.07, 6.45) is 4.19. The third-order valence-electron chi connectivity index (χ3n) is 1.52. The van der Waals surface area contributed by atoms with Crippen LogP contribution in [0.15, 0.2) is 23.1 Å². The molecule has 14 heavy (non-hydrogen) atoms. The summed E-state index contributed by atoms with van der Waals surface area (Å²) in [7, 11) is 0. The summed E-state index contributed by atoms with van der Waals surface area (Å²) >= 11 is 1.10. The Balaban J connectivity index is 2.48. The molecule has 0 aromatic carbocycles. The number of allylic oxidation sites excluding steroid dienone is 4.